The van der Waals surface area contributed by atoms with Gasteiger partial charge in [-0.3, -0.25) is 9.78 Å². The van der Waals surface area contributed by atoms with E-state index in [1.807, 2.05) is 37.3 Å². The first kappa shape index (κ1) is 14.8. The molecule has 122 valence electrons. The molecule has 1 N–H and O–H groups in total. The predicted molar refractivity (Wildman–Crippen MR) is 88.7 cm³/mol. The van der Waals surface area contributed by atoms with Crippen molar-refractivity contribution in [3.05, 3.63) is 53.3 Å². The molecule has 1 aromatic heterocycles. The van der Waals surface area contributed by atoms with E-state index in [4.69, 9.17) is 4.74 Å². The van der Waals surface area contributed by atoms with Gasteiger partial charge in [-0.2, -0.15) is 5.10 Å². The summed E-state index contributed by atoms with van der Waals surface area (Å²) in [5.41, 5.74) is 3.41. The topological polar surface area (TPSA) is 75.0 Å². The molecule has 4 rings (SSSR count). The second-order valence-electron chi connectivity index (χ2n) is 6.07. The molecule has 2 atom stereocenters. The van der Waals surface area contributed by atoms with Crippen LogP contribution in [0.25, 0.3) is 0 Å². The molecular weight excluding hydrogens is 306 g/mol. The average Bonchev–Trinajstić information content (AvgIpc) is 3.13. The molecule has 0 spiro atoms. The molecule has 6 heteroatoms. The van der Waals surface area contributed by atoms with Crippen molar-refractivity contribution in [2.45, 2.75) is 26.6 Å². The fourth-order valence-electron chi connectivity index (χ4n) is 3.29. The Morgan fingerprint density at radius 3 is 2.75 bits per heavy atom. The van der Waals surface area contributed by atoms with Gasteiger partial charge in [0.2, 0.25) is 0 Å². The molecule has 0 saturated carbocycles. The minimum atomic E-state index is -0.542. The molecule has 3 heterocycles. The van der Waals surface area contributed by atoms with E-state index in [0.717, 1.165) is 11.3 Å². The number of ether oxygens (including phenoxy) is 1. The fraction of sp³-hybridized carbons (Fsp3) is 0.278. The standard InChI is InChI=1S/C18H17N3O3/c1-10-14(18(23)21(20-10)13-6-4-3-5-7-13)17-15-12(9-24-17)8-19-11(2)16(15)22/h3-8,14,17,22H,9H2,1-2H3. The van der Waals surface area contributed by atoms with Crippen molar-refractivity contribution in [2.24, 2.45) is 11.0 Å². The second kappa shape index (κ2) is 5.42. The molecule has 2 unspecified atom stereocenters. The van der Waals surface area contributed by atoms with Crippen molar-refractivity contribution in [3.8, 4) is 5.75 Å². The normalized spacial score (nSPS) is 22.7. The van der Waals surface area contributed by atoms with Gasteiger partial charge >= 0.3 is 0 Å². The minimum Gasteiger partial charge on any atom is -0.506 e. The summed E-state index contributed by atoms with van der Waals surface area (Å²) >= 11 is 0. The first-order valence-electron chi connectivity index (χ1n) is 7.81. The number of aryl methyl sites for hydroxylation is 1. The predicted octanol–water partition coefficient (Wildman–Crippen LogP) is 2.71. The number of pyridine rings is 1. The number of aromatic nitrogens is 1. The Labute approximate surface area is 139 Å². The molecule has 0 bridgehead atoms. The van der Waals surface area contributed by atoms with Crippen LogP contribution in [0, 0.1) is 12.8 Å². The lowest BCUT2D eigenvalue weighted by Gasteiger charge is -2.20. The maximum Gasteiger partial charge on any atom is 0.259 e. The molecular formula is C18H17N3O3. The van der Waals surface area contributed by atoms with Gasteiger partial charge in [0.05, 0.1) is 23.7 Å². The number of anilines is 1. The third kappa shape index (κ3) is 2.11. The monoisotopic (exact) mass is 323 g/mol. The number of carbonyl (C=O) groups is 1. The number of hydrogen-bond donors (Lipinski definition) is 1. The van der Waals surface area contributed by atoms with E-state index in [1.54, 1.807) is 13.1 Å². The number of para-hydroxylation sites is 1. The maximum atomic E-state index is 12.9. The van der Waals surface area contributed by atoms with Crippen LogP contribution in [0.2, 0.25) is 0 Å². The van der Waals surface area contributed by atoms with Crippen LogP contribution < -0.4 is 5.01 Å². The first-order valence-corrected chi connectivity index (χ1v) is 7.81. The van der Waals surface area contributed by atoms with Gasteiger partial charge in [0.15, 0.2) is 0 Å². The summed E-state index contributed by atoms with van der Waals surface area (Å²) in [6.45, 7) is 3.89. The number of carbonyl (C=O) groups excluding carboxylic acids is 1. The highest BCUT2D eigenvalue weighted by atomic mass is 16.5. The summed E-state index contributed by atoms with van der Waals surface area (Å²) in [7, 11) is 0. The van der Waals surface area contributed by atoms with Gasteiger partial charge in [-0.15, -0.1) is 0 Å². The summed E-state index contributed by atoms with van der Waals surface area (Å²) in [6.07, 6.45) is 1.16. The van der Waals surface area contributed by atoms with E-state index in [2.05, 4.69) is 10.1 Å². The Morgan fingerprint density at radius 2 is 2.00 bits per heavy atom. The number of hydrogen-bond acceptors (Lipinski definition) is 5. The van der Waals surface area contributed by atoms with Gasteiger partial charge in [-0.1, -0.05) is 18.2 Å². The fourth-order valence-corrected chi connectivity index (χ4v) is 3.29. The third-order valence-corrected chi connectivity index (χ3v) is 4.55. The van der Waals surface area contributed by atoms with Gasteiger partial charge in [0.25, 0.3) is 5.91 Å². The van der Waals surface area contributed by atoms with Crippen LogP contribution in [0.3, 0.4) is 0 Å². The second-order valence-corrected chi connectivity index (χ2v) is 6.07. The lowest BCUT2D eigenvalue weighted by atomic mass is 9.90. The van der Waals surface area contributed by atoms with E-state index >= 15 is 0 Å². The number of amides is 1. The number of aromatic hydroxyl groups is 1. The summed E-state index contributed by atoms with van der Waals surface area (Å²) < 4.78 is 5.84. The lowest BCUT2D eigenvalue weighted by Crippen LogP contribution is -2.31. The maximum absolute atomic E-state index is 12.9. The molecule has 1 amide bonds. The van der Waals surface area contributed by atoms with Crippen molar-refractivity contribution < 1.29 is 14.6 Å². The quantitative estimate of drug-likeness (QED) is 0.922. The molecule has 0 saturated heterocycles. The molecule has 2 aliphatic rings. The van der Waals surface area contributed by atoms with Crippen LogP contribution in [0.1, 0.15) is 29.8 Å². The molecule has 0 radical (unpaired) electrons. The Hall–Kier alpha value is -2.73. The van der Waals surface area contributed by atoms with E-state index in [9.17, 15) is 9.90 Å². The van der Waals surface area contributed by atoms with Crippen molar-refractivity contribution in [1.29, 1.82) is 0 Å². The van der Waals surface area contributed by atoms with Gasteiger partial charge in [-0.25, -0.2) is 5.01 Å². The Balaban J connectivity index is 1.72. The largest absolute Gasteiger partial charge is 0.506 e. The Bertz CT molecular complexity index is 848. The highest BCUT2D eigenvalue weighted by molar-refractivity contribution is 6.15. The zero-order chi connectivity index (χ0) is 16.8. The number of hydrazone groups is 1. The average molecular weight is 323 g/mol. The van der Waals surface area contributed by atoms with Gasteiger partial charge in [0, 0.05) is 17.3 Å². The molecule has 24 heavy (non-hydrogen) atoms. The smallest absolute Gasteiger partial charge is 0.259 e. The van der Waals surface area contributed by atoms with Crippen LogP contribution in [-0.4, -0.2) is 21.7 Å². The van der Waals surface area contributed by atoms with E-state index in [1.165, 1.54) is 5.01 Å². The summed E-state index contributed by atoms with van der Waals surface area (Å²) in [5, 5.41) is 16.2. The van der Waals surface area contributed by atoms with Gasteiger partial charge < -0.3 is 9.84 Å². The highest BCUT2D eigenvalue weighted by Crippen LogP contribution is 2.44. The van der Waals surface area contributed by atoms with E-state index in [-0.39, 0.29) is 11.7 Å². The van der Waals surface area contributed by atoms with Crippen molar-refractivity contribution >= 4 is 17.3 Å². The van der Waals surface area contributed by atoms with Crippen LogP contribution >= 0.6 is 0 Å². The summed E-state index contributed by atoms with van der Waals surface area (Å²) in [5.74, 6) is -0.585. The number of benzene rings is 1. The number of fused-ring (bicyclic) bond motifs is 1. The molecule has 1 aromatic carbocycles. The molecule has 0 fully saturated rings. The molecule has 0 aliphatic carbocycles. The van der Waals surface area contributed by atoms with Gasteiger partial charge in [0.1, 0.15) is 17.8 Å². The summed E-state index contributed by atoms with van der Waals surface area (Å²) in [4.78, 5) is 17.1. The number of rotatable bonds is 2. The lowest BCUT2D eigenvalue weighted by molar-refractivity contribution is -0.123. The van der Waals surface area contributed by atoms with Crippen LogP contribution in [0.5, 0.6) is 5.75 Å². The van der Waals surface area contributed by atoms with Crippen molar-refractivity contribution in [2.75, 3.05) is 5.01 Å². The van der Waals surface area contributed by atoms with Gasteiger partial charge in [-0.05, 0) is 26.0 Å². The van der Waals surface area contributed by atoms with E-state index in [0.29, 0.717) is 23.6 Å². The first-order chi connectivity index (χ1) is 11.6. The Morgan fingerprint density at radius 1 is 1.25 bits per heavy atom. The molecule has 2 aliphatic heterocycles. The molecule has 2 aromatic rings. The highest BCUT2D eigenvalue weighted by Gasteiger charge is 2.45. The SMILES string of the molecule is CC1=NN(c2ccccc2)C(=O)C1C1OCc2cnc(C)c(O)c21. The van der Waals surface area contributed by atoms with Crippen molar-refractivity contribution in [1.82, 2.24) is 4.98 Å². The zero-order valence-corrected chi connectivity index (χ0v) is 13.4. The summed E-state index contributed by atoms with van der Waals surface area (Å²) in [6, 6.07) is 9.30. The third-order valence-electron chi connectivity index (χ3n) is 4.55. The van der Waals surface area contributed by atoms with Crippen LogP contribution in [-0.2, 0) is 16.1 Å². The minimum absolute atomic E-state index is 0.105. The number of nitrogens with zero attached hydrogens (tertiary/aromatic N) is 3. The van der Waals surface area contributed by atoms with Crippen LogP contribution in [0.4, 0.5) is 5.69 Å². The zero-order valence-electron chi connectivity index (χ0n) is 13.4. The Kier molecular flexibility index (Phi) is 3.35. The van der Waals surface area contributed by atoms with Crippen LogP contribution in [0.15, 0.2) is 41.6 Å². The van der Waals surface area contributed by atoms with E-state index < -0.39 is 12.0 Å². The van der Waals surface area contributed by atoms with Crippen molar-refractivity contribution in [3.63, 3.8) is 0 Å². The molecule has 6 nitrogen and oxygen atoms in total.